The van der Waals surface area contributed by atoms with E-state index in [0.29, 0.717) is 0 Å². The summed E-state index contributed by atoms with van der Waals surface area (Å²) in [5, 5.41) is 14.8. The predicted octanol–water partition coefficient (Wildman–Crippen LogP) is 0.0293. The second-order valence-corrected chi connectivity index (χ2v) is 6.40. The molecule has 0 unspecified atom stereocenters. The van der Waals surface area contributed by atoms with Gasteiger partial charge in [-0.15, -0.1) is 0 Å². The molecule has 0 radical (unpaired) electrons. The van der Waals surface area contributed by atoms with Gasteiger partial charge in [-0.3, -0.25) is 14.4 Å². The van der Waals surface area contributed by atoms with Gasteiger partial charge in [-0.05, 0) is 11.6 Å². The molecule has 0 spiro atoms. The van der Waals surface area contributed by atoms with E-state index in [9.17, 15) is 19.2 Å². The SMILES string of the molecule is COC(=O)C1=C[C@H](OCC#N)[C@@H](NC(C)=O)[C@H]([C@H](OC(C)=O)[C@@H](CN=[N+]=[N-])OC(C)=O)O1. The van der Waals surface area contributed by atoms with E-state index in [4.69, 9.17) is 29.7 Å². The Hall–Kier alpha value is -3.82. The van der Waals surface area contributed by atoms with Gasteiger partial charge in [-0.2, -0.15) is 5.26 Å². The van der Waals surface area contributed by atoms with Crippen LogP contribution in [0.2, 0.25) is 0 Å². The van der Waals surface area contributed by atoms with Gasteiger partial charge in [0.25, 0.3) is 0 Å². The Labute approximate surface area is 183 Å². The number of nitrogens with one attached hydrogen (secondary N) is 1. The second-order valence-electron chi connectivity index (χ2n) is 6.40. The number of carbonyl (C=O) groups is 4. The smallest absolute Gasteiger partial charge is 0.373 e. The first-order chi connectivity index (χ1) is 15.1. The third-order valence-corrected chi connectivity index (χ3v) is 4.02. The Morgan fingerprint density at radius 2 is 1.94 bits per heavy atom. The van der Waals surface area contributed by atoms with Crippen LogP contribution in [0.3, 0.4) is 0 Å². The van der Waals surface area contributed by atoms with Crippen molar-refractivity contribution in [2.75, 3.05) is 20.3 Å². The number of nitriles is 1. The van der Waals surface area contributed by atoms with E-state index in [1.54, 1.807) is 6.07 Å². The van der Waals surface area contributed by atoms with Gasteiger partial charge in [-0.25, -0.2) is 4.79 Å². The molecule has 5 atom stereocenters. The Morgan fingerprint density at radius 1 is 1.28 bits per heavy atom. The molecular formula is C18H23N5O9. The minimum Gasteiger partial charge on any atom is -0.477 e. The number of azide groups is 1. The van der Waals surface area contributed by atoms with Crippen molar-refractivity contribution >= 4 is 23.8 Å². The molecular weight excluding hydrogens is 430 g/mol. The fourth-order valence-electron chi connectivity index (χ4n) is 2.96. The number of rotatable bonds is 10. The van der Waals surface area contributed by atoms with E-state index in [0.717, 1.165) is 21.0 Å². The minimum absolute atomic E-state index is 0.357. The van der Waals surface area contributed by atoms with Gasteiger partial charge in [0.05, 0.1) is 25.8 Å². The van der Waals surface area contributed by atoms with Crippen LogP contribution >= 0.6 is 0 Å². The molecule has 0 saturated carbocycles. The van der Waals surface area contributed by atoms with E-state index in [-0.39, 0.29) is 5.76 Å². The van der Waals surface area contributed by atoms with Crippen molar-refractivity contribution in [1.29, 1.82) is 5.26 Å². The normalized spacial score (nSPS) is 21.2. The number of hydrogen-bond donors (Lipinski definition) is 1. The molecule has 1 amide bonds. The molecule has 1 N–H and O–H groups in total. The number of amides is 1. The maximum Gasteiger partial charge on any atom is 0.373 e. The molecule has 0 aromatic carbocycles. The molecule has 174 valence electrons. The second kappa shape index (κ2) is 12.8. The van der Waals surface area contributed by atoms with Gasteiger partial charge in [0.2, 0.25) is 11.7 Å². The lowest BCUT2D eigenvalue weighted by Crippen LogP contribution is -2.61. The summed E-state index contributed by atoms with van der Waals surface area (Å²) < 4.78 is 26.2. The highest BCUT2D eigenvalue weighted by molar-refractivity contribution is 5.86. The summed E-state index contributed by atoms with van der Waals surface area (Å²) in [6.45, 7) is 2.48. The van der Waals surface area contributed by atoms with Crippen LogP contribution in [0.15, 0.2) is 16.9 Å². The molecule has 0 aromatic rings. The summed E-state index contributed by atoms with van der Waals surface area (Å²) in [5.74, 6) is -3.41. The number of nitrogens with zero attached hydrogens (tertiary/aromatic N) is 4. The van der Waals surface area contributed by atoms with Crippen molar-refractivity contribution < 1.29 is 42.9 Å². The summed E-state index contributed by atoms with van der Waals surface area (Å²) >= 11 is 0. The number of hydrogen-bond acceptors (Lipinski definition) is 11. The molecule has 1 rings (SSSR count). The lowest BCUT2D eigenvalue weighted by molar-refractivity contribution is -0.183. The molecule has 0 fully saturated rings. The Morgan fingerprint density at radius 3 is 2.44 bits per heavy atom. The zero-order valence-electron chi connectivity index (χ0n) is 17.8. The van der Waals surface area contributed by atoms with Crippen LogP contribution in [-0.2, 0) is 42.9 Å². The topological polar surface area (TPSA) is 199 Å². The first kappa shape index (κ1) is 26.2. The summed E-state index contributed by atoms with van der Waals surface area (Å²) in [7, 11) is 1.10. The minimum atomic E-state index is -1.46. The molecule has 1 heterocycles. The fourth-order valence-corrected chi connectivity index (χ4v) is 2.96. The number of methoxy groups -OCH3 is 1. The van der Waals surface area contributed by atoms with Gasteiger partial charge in [-0.1, -0.05) is 5.11 Å². The Kier molecular flexibility index (Phi) is 10.5. The highest BCUT2D eigenvalue weighted by Gasteiger charge is 2.47. The summed E-state index contributed by atoms with van der Waals surface area (Å²) in [6.07, 6.45) is -4.08. The zero-order valence-corrected chi connectivity index (χ0v) is 17.8. The van der Waals surface area contributed by atoms with Crippen LogP contribution in [0, 0.1) is 11.3 Å². The van der Waals surface area contributed by atoms with Gasteiger partial charge in [0.15, 0.2) is 12.2 Å². The quantitative estimate of drug-likeness (QED) is 0.155. The highest BCUT2D eigenvalue weighted by Crippen LogP contribution is 2.28. The summed E-state index contributed by atoms with van der Waals surface area (Å²) in [6, 6.07) is 0.660. The third-order valence-electron chi connectivity index (χ3n) is 4.02. The van der Waals surface area contributed by atoms with Crippen molar-refractivity contribution in [1.82, 2.24) is 5.32 Å². The van der Waals surface area contributed by atoms with Gasteiger partial charge >= 0.3 is 17.9 Å². The van der Waals surface area contributed by atoms with Gasteiger partial charge in [0.1, 0.15) is 18.8 Å². The van der Waals surface area contributed by atoms with Crippen molar-refractivity contribution in [3.8, 4) is 6.07 Å². The maximum absolute atomic E-state index is 12.1. The summed E-state index contributed by atoms with van der Waals surface area (Å²) in [4.78, 5) is 50.0. The molecule has 0 bridgehead atoms. The van der Waals surface area contributed by atoms with Crippen LogP contribution < -0.4 is 5.32 Å². The molecule has 0 saturated heterocycles. The average molecular weight is 453 g/mol. The van der Waals surface area contributed by atoms with Crippen molar-refractivity contribution in [3.63, 3.8) is 0 Å². The number of carbonyl (C=O) groups excluding carboxylic acids is 4. The lowest BCUT2D eigenvalue weighted by atomic mass is 9.93. The Balaban J connectivity index is 3.57. The van der Waals surface area contributed by atoms with Crippen LogP contribution in [-0.4, -0.2) is 74.5 Å². The Bertz CT molecular complexity index is 842. The molecule has 1 aliphatic rings. The van der Waals surface area contributed by atoms with Crippen molar-refractivity contribution in [2.45, 2.75) is 51.2 Å². The summed E-state index contributed by atoms with van der Waals surface area (Å²) in [5.41, 5.74) is 8.68. The fraction of sp³-hybridized carbons (Fsp3) is 0.611. The largest absolute Gasteiger partial charge is 0.477 e. The van der Waals surface area contributed by atoms with E-state index in [1.165, 1.54) is 13.0 Å². The van der Waals surface area contributed by atoms with Crippen LogP contribution in [0.5, 0.6) is 0 Å². The molecule has 14 heteroatoms. The first-order valence-electron chi connectivity index (χ1n) is 9.22. The van der Waals surface area contributed by atoms with E-state index < -0.39 is 67.4 Å². The molecule has 1 aliphatic heterocycles. The maximum atomic E-state index is 12.1. The molecule has 0 aliphatic carbocycles. The lowest BCUT2D eigenvalue weighted by Gasteiger charge is -2.41. The van der Waals surface area contributed by atoms with Gasteiger partial charge < -0.3 is 29.0 Å². The van der Waals surface area contributed by atoms with Gasteiger partial charge in [0, 0.05) is 25.7 Å². The average Bonchev–Trinajstić information content (AvgIpc) is 2.72. The van der Waals surface area contributed by atoms with Crippen molar-refractivity contribution in [2.24, 2.45) is 5.11 Å². The highest BCUT2D eigenvalue weighted by atomic mass is 16.6. The zero-order chi connectivity index (χ0) is 24.3. The molecule has 0 aromatic heterocycles. The molecule has 14 nitrogen and oxygen atoms in total. The van der Waals surface area contributed by atoms with Crippen LogP contribution in [0.1, 0.15) is 20.8 Å². The third kappa shape index (κ3) is 7.78. The first-order valence-corrected chi connectivity index (χ1v) is 9.22. The number of esters is 3. The van der Waals surface area contributed by atoms with E-state index in [1.807, 2.05) is 0 Å². The van der Waals surface area contributed by atoms with E-state index >= 15 is 0 Å². The van der Waals surface area contributed by atoms with Crippen LogP contribution in [0.4, 0.5) is 0 Å². The molecule has 32 heavy (non-hydrogen) atoms. The van der Waals surface area contributed by atoms with Crippen molar-refractivity contribution in [3.05, 3.63) is 22.3 Å². The predicted molar refractivity (Wildman–Crippen MR) is 103 cm³/mol. The van der Waals surface area contributed by atoms with Crippen LogP contribution in [0.25, 0.3) is 10.4 Å². The number of ether oxygens (including phenoxy) is 5. The monoisotopic (exact) mass is 453 g/mol. The van der Waals surface area contributed by atoms with E-state index in [2.05, 4.69) is 20.1 Å². The standard InChI is InChI=1S/C18H23N5O9/c1-9(24)22-15-12(29-6-5-19)7-13(18(27)28-4)32-17(15)16(31-11(3)26)14(8-21-23-20)30-10(2)25/h7,12,14-17H,6,8H2,1-4H3,(H,22,24)/t12-,14+,15+,16+,17+/m0/s1.